The number of ether oxygens (including phenoxy) is 1. The number of carbonyl (C=O) groups is 2. The van der Waals surface area contributed by atoms with Gasteiger partial charge in [0.25, 0.3) is 17.4 Å². The molecule has 0 spiro atoms. The van der Waals surface area contributed by atoms with Crippen molar-refractivity contribution < 1.29 is 19.2 Å². The van der Waals surface area contributed by atoms with E-state index < -0.39 is 17.4 Å². The van der Waals surface area contributed by atoms with Gasteiger partial charge in [-0.15, -0.1) is 0 Å². The molecule has 0 radical (unpaired) electrons. The van der Waals surface area contributed by atoms with E-state index in [1.54, 1.807) is 12.3 Å². The number of aromatic nitrogens is 3. The molecular formula is C30H43N7O4. The highest BCUT2D eigenvalue weighted by Gasteiger charge is 2.51. The Hall–Kier alpha value is -3.18. The molecule has 4 N–H and O–H groups in total. The van der Waals surface area contributed by atoms with E-state index >= 15 is 0 Å². The third-order valence-electron chi connectivity index (χ3n) is 9.05. The first-order valence-electron chi connectivity index (χ1n) is 15.6. The molecular weight excluding hydrogens is 522 g/mol. The minimum Gasteiger partial charge on any atom is -0.381 e. The Morgan fingerprint density at radius 2 is 1.56 bits per heavy atom. The number of pyridine rings is 1. The van der Waals surface area contributed by atoms with E-state index in [1.807, 2.05) is 17.8 Å². The number of aryl methyl sites for hydroxylation is 1. The highest BCUT2D eigenvalue weighted by Crippen LogP contribution is 2.36. The van der Waals surface area contributed by atoms with Gasteiger partial charge < -0.3 is 20.7 Å². The molecule has 0 aromatic carbocycles. The van der Waals surface area contributed by atoms with Crippen molar-refractivity contribution in [3.63, 3.8) is 0 Å². The third kappa shape index (κ3) is 5.79. The SMILES string of the molecule is CCn1ncc2c(NC3CCOCC3)c(C3=CC(C(=O)NC4CCCCC4)(C(=O)NC4CCCCC4)ON3)cnc21. The van der Waals surface area contributed by atoms with Crippen molar-refractivity contribution >= 4 is 34.2 Å². The fraction of sp³-hybridized carbons (Fsp3) is 0.667. The molecule has 0 bridgehead atoms. The zero-order chi connectivity index (χ0) is 28.2. The van der Waals surface area contributed by atoms with Crippen LogP contribution in [0.1, 0.15) is 89.5 Å². The average Bonchev–Trinajstić information content (AvgIpc) is 3.65. The number of rotatable bonds is 8. The van der Waals surface area contributed by atoms with Crippen molar-refractivity contribution in [3.05, 3.63) is 24.0 Å². The zero-order valence-corrected chi connectivity index (χ0v) is 24.0. The number of nitrogens with zero attached hydrogens (tertiary/aromatic N) is 3. The normalized spacial score (nSPS) is 22.2. The molecule has 4 heterocycles. The highest BCUT2D eigenvalue weighted by atomic mass is 16.7. The lowest BCUT2D eigenvalue weighted by atomic mass is 9.91. The molecule has 11 nitrogen and oxygen atoms in total. The predicted octanol–water partition coefficient (Wildman–Crippen LogP) is 3.55. The van der Waals surface area contributed by atoms with E-state index in [0.717, 1.165) is 86.5 Å². The number of anilines is 1. The van der Waals surface area contributed by atoms with E-state index in [0.29, 0.717) is 25.5 Å². The van der Waals surface area contributed by atoms with Crippen molar-refractivity contribution in [1.82, 2.24) is 30.9 Å². The van der Waals surface area contributed by atoms with Gasteiger partial charge in [0.15, 0.2) is 5.65 Å². The molecule has 0 atom stereocenters. The summed E-state index contributed by atoms with van der Waals surface area (Å²) in [7, 11) is 0. The molecule has 6 rings (SSSR count). The van der Waals surface area contributed by atoms with Gasteiger partial charge in [0.2, 0.25) is 0 Å². The number of hydrogen-bond acceptors (Lipinski definition) is 8. The van der Waals surface area contributed by atoms with Gasteiger partial charge in [-0.05, 0) is 51.5 Å². The Bertz CT molecular complexity index is 1240. The molecule has 41 heavy (non-hydrogen) atoms. The van der Waals surface area contributed by atoms with Crippen molar-refractivity contribution in [2.75, 3.05) is 18.5 Å². The van der Waals surface area contributed by atoms with Crippen LogP contribution in [0.3, 0.4) is 0 Å². The Balaban J connectivity index is 1.36. The predicted molar refractivity (Wildman–Crippen MR) is 156 cm³/mol. The fourth-order valence-electron chi connectivity index (χ4n) is 6.60. The Kier molecular flexibility index (Phi) is 8.43. The van der Waals surface area contributed by atoms with Gasteiger partial charge in [-0.2, -0.15) is 5.10 Å². The van der Waals surface area contributed by atoms with Gasteiger partial charge in [-0.1, -0.05) is 38.5 Å². The van der Waals surface area contributed by atoms with Gasteiger partial charge in [0, 0.05) is 49.6 Å². The maximum Gasteiger partial charge on any atom is 0.271 e. The maximum atomic E-state index is 13.9. The van der Waals surface area contributed by atoms with E-state index in [9.17, 15) is 9.59 Å². The fourth-order valence-corrected chi connectivity index (χ4v) is 6.60. The second kappa shape index (κ2) is 12.4. The zero-order valence-electron chi connectivity index (χ0n) is 24.0. The average molecular weight is 566 g/mol. The van der Waals surface area contributed by atoms with Crippen molar-refractivity contribution in [2.24, 2.45) is 0 Å². The molecule has 11 heteroatoms. The number of amides is 2. The minimum absolute atomic E-state index is 0.0419. The minimum atomic E-state index is -1.82. The molecule has 2 amide bonds. The quantitative estimate of drug-likeness (QED) is 0.358. The molecule has 2 aliphatic carbocycles. The van der Waals surface area contributed by atoms with Crippen molar-refractivity contribution in [1.29, 1.82) is 0 Å². The second-order valence-electron chi connectivity index (χ2n) is 11.9. The molecule has 2 aromatic heterocycles. The number of nitrogens with one attached hydrogen (secondary N) is 4. The molecule has 2 aromatic rings. The lowest BCUT2D eigenvalue weighted by molar-refractivity contribution is -0.158. The molecule has 0 unspecified atom stereocenters. The number of carbonyl (C=O) groups excluding carboxylic acids is 2. The van der Waals surface area contributed by atoms with Crippen LogP contribution in [0.25, 0.3) is 16.7 Å². The van der Waals surface area contributed by atoms with Crippen molar-refractivity contribution in [2.45, 2.75) is 114 Å². The number of hydrogen-bond donors (Lipinski definition) is 4. The number of fused-ring (bicyclic) bond motifs is 1. The van der Waals surface area contributed by atoms with Crippen molar-refractivity contribution in [3.8, 4) is 0 Å². The van der Waals surface area contributed by atoms with Crippen LogP contribution in [0.15, 0.2) is 18.5 Å². The van der Waals surface area contributed by atoms with Gasteiger partial charge in [-0.25, -0.2) is 14.5 Å². The van der Waals surface area contributed by atoms with Crippen LogP contribution in [0.2, 0.25) is 0 Å². The summed E-state index contributed by atoms with van der Waals surface area (Å²) < 4.78 is 7.44. The monoisotopic (exact) mass is 565 g/mol. The topological polar surface area (TPSA) is 131 Å². The lowest BCUT2D eigenvalue weighted by Crippen LogP contribution is -2.60. The van der Waals surface area contributed by atoms with Crippen LogP contribution in [-0.2, 0) is 25.7 Å². The number of hydroxylamine groups is 1. The Labute approximate surface area is 241 Å². The smallest absolute Gasteiger partial charge is 0.271 e. The van der Waals surface area contributed by atoms with Gasteiger partial charge in [-0.3, -0.25) is 15.1 Å². The Morgan fingerprint density at radius 1 is 0.927 bits per heavy atom. The summed E-state index contributed by atoms with van der Waals surface area (Å²) >= 11 is 0. The molecule has 2 saturated carbocycles. The first kappa shape index (κ1) is 28.0. The van der Waals surface area contributed by atoms with E-state index in [2.05, 4.69) is 26.5 Å². The summed E-state index contributed by atoms with van der Waals surface area (Å²) in [5, 5.41) is 15.4. The highest BCUT2D eigenvalue weighted by molar-refractivity contribution is 6.13. The summed E-state index contributed by atoms with van der Waals surface area (Å²) in [6.45, 7) is 4.13. The van der Waals surface area contributed by atoms with E-state index in [1.165, 1.54) is 12.8 Å². The molecule has 4 aliphatic rings. The first-order valence-corrected chi connectivity index (χ1v) is 15.6. The largest absolute Gasteiger partial charge is 0.381 e. The summed E-state index contributed by atoms with van der Waals surface area (Å²) in [4.78, 5) is 38.6. The summed E-state index contributed by atoms with van der Waals surface area (Å²) in [5.41, 5.74) is 4.07. The van der Waals surface area contributed by atoms with Gasteiger partial charge in [0.05, 0.1) is 23.0 Å². The van der Waals surface area contributed by atoms with E-state index in [4.69, 9.17) is 14.6 Å². The maximum absolute atomic E-state index is 13.9. The third-order valence-corrected chi connectivity index (χ3v) is 9.05. The van der Waals surface area contributed by atoms with E-state index in [-0.39, 0.29) is 18.1 Å². The Morgan fingerprint density at radius 3 is 2.17 bits per heavy atom. The van der Waals surface area contributed by atoms with Crippen LogP contribution in [-0.4, -0.2) is 63.5 Å². The van der Waals surface area contributed by atoms with Crippen LogP contribution in [0, 0.1) is 0 Å². The molecule has 1 saturated heterocycles. The summed E-state index contributed by atoms with van der Waals surface area (Å²) in [5.74, 6) is -0.848. The summed E-state index contributed by atoms with van der Waals surface area (Å²) in [6, 6.07) is 0.301. The van der Waals surface area contributed by atoms with Crippen LogP contribution in [0.5, 0.6) is 0 Å². The van der Waals surface area contributed by atoms with Crippen LogP contribution < -0.4 is 21.4 Å². The standard InChI is InChI=1S/C30H43N7O4/c1-2-37-27-24(19-32-37)26(33-22-13-15-40-16-14-22)23(18-31-27)25-17-30(41-36-25,28(38)34-20-9-5-3-6-10-20)29(39)35-21-11-7-4-8-12-21/h17-22,36H,2-16H2,1H3,(H,31,33)(H,34,38)(H,35,39). The first-order chi connectivity index (χ1) is 20.1. The van der Waals surface area contributed by atoms with Crippen LogP contribution in [0.4, 0.5) is 5.69 Å². The molecule has 222 valence electrons. The lowest BCUT2D eigenvalue weighted by Gasteiger charge is -2.31. The van der Waals surface area contributed by atoms with Crippen LogP contribution >= 0.6 is 0 Å². The molecule has 3 fully saturated rings. The van der Waals surface area contributed by atoms with Gasteiger partial charge >= 0.3 is 0 Å². The second-order valence-corrected chi connectivity index (χ2v) is 11.9. The molecule has 2 aliphatic heterocycles. The van der Waals surface area contributed by atoms with Gasteiger partial charge in [0.1, 0.15) is 0 Å². The summed E-state index contributed by atoms with van der Waals surface area (Å²) in [6.07, 6.45) is 17.3.